The van der Waals surface area contributed by atoms with Gasteiger partial charge in [-0.3, -0.25) is 9.89 Å². The molecule has 0 aromatic carbocycles. The molecule has 2 aromatic rings. The number of aliphatic hydroxyl groups is 1. The highest BCUT2D eigenvalue weighted by Gasteiger charge is 2.20. The second-order valence-electron chi connectivity index (χ2n) is 6.11. The van der Waals surface area contributed by atoms with Gasteiger partial charge in [0.2, 0.25) is 0 Å². The molecule has 9 heteroatoms. The summed E-state index contributed by atoms with van der Waals surface area (Å²) in [4.78, 5) is 10.0. The van der Waals surface area contributed by atoms with Gasteiger partial charge in [0.25, 0.3) is 0 Å². The maximum Gasteiger partial charge on any atom is 0.194 e. The van der Waals surface area contributed by atoms with Crippen LogP contribution < -0.4 is 5.32 Å². The van der Waals surface area contributed by atoms with Crippen molar-refractivity contribution in [2.45, 2.75) is 19.6 Å². The zero-order valence-electron chi connectivity index (χ0n) is 14.8. The first-order valence-corrected chi connectivity index (χ1v) is 9.93. The average molecular weight is 398 g/mol. The van der Waals surface area contributed by atoms with E-state index >= 15 is 0 Å². The molecule has 3 rings (SSSR count). The van der Waals surface area contributed by atoms with Crippen molar-refractivity contribution in [3.05, 3.63) is 39.4 Å². The molecule has 1 fully saturated rings. The van der Waals surface area contributed by atoms with E-state index in [-0.39, 0.29) is 0 Å². The van der Waals surface area contributed by atoms with Crippen molar-refractivity contribution < 1.29 is 9.63 Å². The number of nitrogens with one attached hydrogen (secondary N) is 1. The van der Waals surface area contributed by atoms with Gasteiger partial charge in [-0.05, 0) is 19.1 Å². The smallest absolute Gasteiger partial charge is 0.194 e. The van der Waals surface area contributed by atoms with Gasteiger partial charge in [-0.15, -0.1) is 11.3 Å². The molecule has 26 heavy (non-hydrogen) atoms. The topological polar surface area (TPSA) is 77.1 Å². The third kappa shape index (κ3) is 5.20. The Bertz CT molecular complexity index is 698. The van der Waals surface area contributed by atoms with Crippen LogP contribution in [0.25, 0.3) is 0 Å². The highest BCUT2D eigenvalue weighted by Crippen LogP contribution is 2.27. The molecule has 1 aliphatic rings. The maximum absolute atomic E-state index is 10.3. The lowest BCUT2D eigenvalue weighted by molar-refractivity contribution is 0.166. The van der Waals surface area contributed by atoms with Crippen molar-refractivity contribution in [1.82, 2.24) is 20.3 Å². The Morgan fingerprint density at radius 3 is 2.81 bits per heavy atom. The average Bonchev–Trinajstić information content (AvgIpc) is 3.31. The molecule has 2 N–H and O–H groups in total. The van der Waals surface area contributed by atoms with E-state index in [1.54, 1.807) is 12.3 Å². The van der Waals surface area contributed by atoms with Crippen LogP contribution in [0.3, 0.4) is 0 Å². The van der Waals surface area contributed by atoms with E-state index in [2.05, 4.69) is 25.3 Å². The lowest BCUT2D eigenvalue weighted by Crippen LogP contribution is -2.52. The van der Waals surface area contributed by atoms with Gasteiger partial charge < -0.3 is 19.8 Å². The molecular formula is C17H24ClN5O2S. The minimum absolute atomic E-state index is 0.318. The molecule has 7 nitrogen and oxygen atoms in total. The van der Waals surface area contributed by atoms with Gasteiger partial charge in [0.05, 0.1) is 16.6 Å². The van der Waals surface area contributed by atoms with Gasteiger partial charge in [0, 0.05) is 50.2 Å². The van der Waals surface area contributed by atoms with E-state index in [1.807, 2.05) is 19.1 Å². The molecule has 3 heterocycles. The van der Waals surface area contributed by atoms with Gasteiger partial charge in [-0.25, -0.2) is 0 Å². The lowest BCUT2D eigenvalue weighted by Gasteiger charge is -2.36. The Balaban J connectivity index is 1.54. The van der Waals surface area contributed by atoms with E-state index in [0.717, 1.165) is 55.8 Å². The highest BCUT2D eigenvalue weighted by atomic mass is 35.5. The fourth-order valence-electron chi connectivity index (χ4n) is 2.86. The molecule has 0 bridgehead atoms. The highest BCUT2D eigenvalue weighted by molar-refractivity contribution is 7.16. The molecule has 0 saturated carbocycles. The Labute approximate surface area is 162 Å². The SMILES string of the molecule is CCNC(=NCC(O)c1ccc(Cl)s1)N1CCN(Cc2ccon2)CC1. The van der Waals surface area contributed by atoms with Crippen LogP contribution in [0.2, 0.25) is 4.34 Å². The number of aliphatic hydroxyl groups excluding tert-OH is 1. The molecule has 0 aliphatic carbocycles. The first-order valence-electron chi connectivity index (χ1n) is 8.74. The molecule has 1 unspecified atom stereocenters. The van der Waals surface area contributed by atoms with E-state index in [0.29, 0.717) is 10.9 Å². The number of nitrogens with zero attached hydrogens (tertiary/aromatic N) is 4. The normalized spacial score (nSPS) is 17.5. The second kappa shape index (κ2) is 9.36. The molecule has 1 aliphatic heterocycles. The molecular weight excluding hydrogens is 374 g/mol. The molecule has 1 atom stereocenters. The first kappa shape index (κ1) is 19.2. The van der Waals surface area contributed by atoms with E-state index in [1.165, 1.54) is 11.3 Å². The van der Waals surface area contributed by atoms with Gasteiger partial charge in [-0.1, -0.05) is 16.8 Å². The summed E-state index contributed by atoms with van der Waals surface area (Å²) in [7, 11) is 0. The number of aliphatic imine (C=N–C) groups is 1. The van der Waals surface area contributed by atoms with Crippen molar-refractivity contribution in [3.63, 3.8) is 0 Å². The van der Waals surface area contributed by atoms with Gasteiger partial charge in [0.1, 0.15) is 12.4 Å². The number of aromatic nitrogens is 1. The summed E-state index contributed by atoms with van der Waals surface area (Å²) in [5.74, 6) is 0.843. The van der Waals surface area contributed by atoms with Crippen LogP contribution in [-0.4, -0.2) is 65.3 Å². The fourth-order valence-corrected chi connectivity index (χ4v) is 3.90. The molecule has 1 saturated heterocycles. The van der Waals surface area contributed by atoms with Crippen molar-refractivity contribution in [3.8, 4) is 0 Å². The number of hydrogen-bond donors (Lipinski definition) is 2. The summed E-state index contributed by atoms with van der Waals surface area (Å²) >= 11 is 7.33. The number of thiophene rings is 1. The van der Waals surface area contributed by atoms with E-state index in [4.69, 9.17) is 16.1 Å². The maximum atomic E-state index is 10.3. The van der Waals surface area contributed by atoms with Gasteiger partial charge >= 0.3 is 0 Å². The zero-order valence-corrected chi connectivity index (χ0v) is 16.3. The van der Waals surface area contributed by atoms with E-state index < -0.39 is 6.10 Å². The van der Waals surface area contributed by atoms with Crippen LogP contribution in [0.1, 0.15) is 23.6 Å². The van der Waals surface area contributed by atoms with Crippen LogP contribution in [0, 0.1) is 0 Å². The number of piperazine rings is 1. The first-order chi connectivity index (χ1) is 12.7. The minimum atomic E-state index is -0.630. The quantitative estimate of drug-likeness (QED) is 0.574. The number of halogens is 1. The largest absolute Gasteiger partial charge is 0.386 e. The van der Waals surface area contributed by atoms with Crippen LogP contribution in [0.4, 0.5) is 0 Å². The van der Waals surface area contributed by atoms with Crippen LogP contribution in [0.5, 0.6) is 0 Å². The summed E-state index contributed by atoms with van der Waals surface area (Å²) in [5.41, 5.74) is 0.955. The predicted octanol–water partition coefficient (Wildman–Crippen LogP) is 2.21. The van der Waals surface area contributed by atoms with Gasteiger partial charge in [-0.2, -0.15) is 0 Å². The Kier molecular flexibility index (Phi) is 6.90. The monoisotopic (exact) mass is 397 g/mol. The van der Waals surface area contributed by atoms with Crippen molar-refractivity contribution in [2.75, 3.05) is 39.3 Å². The second-order valence-corrected chi connectivity index (χ2v) is 7.85. The number of rotatable bonds is 6. The summed E-state index contributed by atoms with van der Waals surface area (Å²) < 4.78 is 5.57. The van der Waals surface area contributed by atoms with Crippen LogP contribution in [0.15, 0.2) is 34.0 Å². The summed E-state index contributed by atoms with van der Waals surface area (Å²) in [6, 6.07) is 5.55. The van der Waals surface area contributed by atoms with Crippen LogP contribution >= 0.6 is 22.9 Å². The molecule has 0 radical (unpaired) electrons. The number of hydrogen-bond acceptors (Lipinski definition) is 6. The predicted molar refractivity (Wildman–Crippen MR) is 104 cm³/mol. The van der Waals surface area contributed by atoms with Crippen molar-refractivity contribution in [1.29, 1.82) is 0 Å². The lowest BCUT2D eigenvalue weighted by atomic mass is 10.3. The minimum Gasteiger partial charge on any atom is -0.386 e. The van der Waals surface area contributed by atoms with Gasteiger partial charge in [0.15, 0.2) is 5.96 Å². The van der Waals surface area contributed by atoms with Crippen molar-refractivity contribution in [2.24, 2.45) is 4.99 Å². The standard InChI is InChI=1S/C17H24ClN5O2S/c1-2-19-17(20-11-14(24)15-3-4-16(18)26-15)23-8-6-22(7-9-23)12-13-5-10-25-21-13/h3-5,10,14,24H,2,6-9,11-12H2,1H3,(H,19,20). The molecule has 0 amide bonds. The van der Waals surface area contributed by atoms with E-state index in [9.17, 15) is 5.11 Å². The summed E-state index contributed by atoms with van der Waals surface area (Å²) in [6.07, 6.45) is 0.975. The Hall–Kier alpha value is -1.61. The van der Waals surface area contributed by atoms with Crippen LogP contribution in [-0.2, 0) is 6.54 Å². The Morgan fingerprint density at radius 2 is 2.19 bits per heavy atom. The summed E-state index contributed by atoms with van der Waals surface area (Å²) in [5, 5.41) is 17.6. The third-order valence-electron chi connectivity index (χ3n) is 4.22. The number of guanidine groups is 1. The third-order valence-corrected chi connectivity index (χ3v) is 5.55. The zero-order chi connectivity index (χ0) is 18.4. The summed E-state index contributed by atoms with van der Waals surface area (Å²) in [6.45, 7) is 7.58. The molecule has 142 valence electrons. The Morgan fingerprint density at radius 1 is 1.38 bits per heavy atom. The van der Waals surface area contributed by atoms with Crippen molar-refractivity contribution >= 4 is 28.9 Å². The fraction of sp³-hybridized carbons (Fsp3) is 0.529. The molecule has 0 spiro atoms. The molecule has 2 aromatic heterocycles.